The number of nitrogens with zero attached hydrogens (tertiary/aromatic N) is 2. The van der Waals surface area contributed by atoms with Crippen LogP contribution >= 0.6 is 0 Å². The average molecular weight is 407 g/mol. The van der Waals surface area contributed by atoms with Crippen molar-refractivity contribution in [1.82, 2.24) is 10.2 Å². The van der Waals surface area contributed by atoms with Gasteiger partial charge in [0.05, 0.1) is 11.6 Å². The summed E-state index contributed by atoms with van der Waals surface area (Å²) in [5, 5.41) is 7.34. The summed E-state index contributed by atoms with van der Waals surface area (Å²) in [5.74, 6) is 0.423. The molecular formula is C24H27FN4O. The lowest BCUT2D eigenvalue weighted by Crippen LogP contribution is -2.55. The summed E-state index contributed by atoms with van der Waals surface area (Å²) in [7, 11) is 0. The molecule has 6 heteroatoms. The maximum absolute atomic E-state index is 13.6. The van der Waals surface area contributed by atoms with Crippen LogP contribution in [0.5, 0.6) is 0 Å². The number of amides is 1. The van der Waals surface area contributed by atoms with Gasteiger partial charge in [0.2, 0.25) is 0 Å². The molecule has 1 aliphatic carbocycles. The lowest BCUT2D eigenvalue weighted by atomic mass is 9.96. The van der Waals surface area contributed by atoms with Crippen LogP contribution in [0.25, 0.3) is 0 Å². The first-order valence-corrected chi connectivity index (χ1v) is 10.9. The van der Waals surface area contributed by atoms with Gasteiger partial charge in [-0.15, -0.1) is 0 Å². The number of benzene rings is 2. The minimum atomic E-state index is -0.412. The second-order valence-electron chi connectivity index (χ2n) is 8.62. The van der Waals surface area contributed by atoms with Crippen molar-refractivity contribution in [3.05, 3.63) is 65.5 Å². The molecule has 2 fully saturated rings. The first-order chi connectivity index (χ1) is 14.6. The number of carbonyl (C=O) groups is 1. The number of para-hydroxylation sites is 1. The molecule has 3 aliphatic rings. The largest absolute Gasteiger partial charge is 0.342 e. The predicted molar refractivity (Wildman–Crippen MR) is 116 cm³/mol. The van der Waals surface area contributed by atoms with E-state index in [-0.39, 0.29) is 11.7 Å². The molecule has 156 valence electrons. The molecule has 5 nitrogen and oxygen atoms in total. The van der Waals surface area contributed by atoms with Crippen LogP contribution in [-0.2, 0) is 6.54 Å². The molecule has 1 saturated heterocycles. The fourth-order valence-electron chi connectivity index (χ4n) is 4.89. The first kappa shape index (κ1) is 19.2. The monoisotopic (exact) mass is 406 g/mol. The van der Waals surface area contributed by atoms with Crippen molar-refractivity contribution in [2.75, 3.05) is 18.4 Å². The molecule has 2 aliphatic heterocycles. The number of carbonyl (C=O) groups excluding carboxylic acids is 1. The molecule has 2 N–H and O–H groups in total. The minimum absolute atomic E-state index is 0.129. The number of likely N-dealkylation sites (tertiary alicyclic amines) is 1. The number of hydrogen-bond acceptors (Lipinski definition) is 3. The van der Waals surface area contributed by atoms with Gasteiger partial charge in [-0.2, -0.15) is 0 Å². The molecule has 1 amide bonds. The highest BCUT2D eigenvalue weighted by Crippen LogP contribution is 2.32. The molecule has 30 heavy (non-hydrogen) atoms. The minimum Gasteiger partial charge on any atom is -0.342 e. The van der Waals surface area contributed by atoms with Gasteiger partial charge in [-0.3, -0.25) is 15.1 Å². The zero-order valence-electron chi connectivity index (χ0n) is 17.0. The van der Waals surface area contributed by atoms with E-state index in [9.17, 15) is 9.18 Å². The molecule has 0 bridgehead atoms. The quantitative estimate of drug-likeness (QED) is 0.794. The van der Waals surface area contributed by atoms with E-state index in [1.807, 2.05) is 17.0 Å². The summed E-state index contributed by atoms with van der Waals surface area (Å²) in [6.45, 7) is 1.85. The van der Waals surface area contributed by atoms with Crippen LogP contribution in [0.15, 0.2) is 53.5 Å². The summed E-state index contributed by atoms with van der Waals surface area (Å²) in [4.78, 5) is 20.0. The number of aliphatic imine (C=N–C) groups is 1. The molecule has 2 aromatic carbocycles. The topological polar surface area (TPSA) is 56.7 Å². The van der Waals surface area contributed by atoms with Crippen molar-refractivity contribution >= 4 is 17.4 Å². The fraction of sp³-hybridized carbons (Fsp3) is 0.417. The third kappa shape index (κ3) is 3.60. The van der Waals surface area contributed by atoms with Crippen molar-refractivity contribution in [2.45, 2.75) is 50.2 Å². The molecular weight excluding hydrogens is 379 g/mol. The summed E-state index contributed by atoms with van der Waals surface area (Å²) in [5.41, 5.74) is 2.26. The Morgan fingerprint density at radius 1 is 1.13 bits per heavy atom. The SMILES string of the molecule is O=C(c1cccc(F)c1)N1CC[C@]2(C1)NCc1ccccc1NC2=NC1CCCC1. The van der Waals surface area contributed by atoms with Gasteiger partial charge in [0.1, 0.15) is 11.7 Å². The Morgan fingerprint density at radius 2 is 1.97 bits per heavy atom. The van der Waals surface area contributed by atoms with Crippen LogP contribution in [0.3, 0.4) is 0 Å². The standard InChI is InChI=1S/C24H27FN4O/c25-19-8-5-7-17(14-19)22(30)29-13-12-24(16-29)23(27-20-9-2-3-10-20)28-21-11-4-1-6-18(21)15-26-24/h1,4-8,11,14,20,26H,2-3,9-10,12-13,15-16H2,(H,27,28)/t24-/m1/s1. The number of nitrogens with one attached hydrogen (secondary N) is 2. The smallest absolute Gasteiger partial charge is 0.254 e. The van der Waals surface area contributed by atoms with Crippen LogP contribution in [0.1, 0.15) is 48.0 Å². The number of hydrogen-bond donors (Lipinski definition) is 2. The normalized spacial score (nSPS) is 25.4. The van der Waals surface area contributed by atoms with Crippen molar-refractivity contribution in [3.8, 4) is 0 Å². The van der Waals surface area contributed by atoms with Gasteiger partial charge in [-0.05, 0) is 49.1 Å². The number of halogens is 1. The van der Waals surface area contributed by atoms with Gasteiger partial charge in [-0.25, -0.2) is 4.39 Å². The third-order valence-electron chi connectivity index (χ3n) is 6.61. The number of fused-ring (bicyclic) bond motifs is 1. The van der Waals surface area contributed by atoms with Gasteiger partial charge in [-0.1, -0.05) is 37.1 Å². The molecule has 0 radical (unpaired) electrons. The molecule has 0 unspecified atom stereocenters. The molecule has 1 saturated carbocycles. The average Bonchev–Trinajstić information content (AvgIpc) is 3.39. The molecule has 1 spiro atoms. The molecule has 2 aromatic rings. The third-order valence-corrected chi connectivity index (χ3v) is 6.61. The maximum Gasteiger partial charge on any atom is 0.254 e. The predicted octanol–water partition coefficient (Wildman–Crippen LogP) is 3.97. The second-order valence-corrected chi connectivity index (χ2v) is 8.62. The lowest BCUT2D eigenvalue weighted by Gasteiger charge is -2.31. The van der Waals surface area contributed by atoms with E-state index < -0.39 is 5.54 Å². The van der Waals surface area contributed by atoms with Crippen molar-refractivity contribution in [1.29, 1.82) is 0 Å². The molecule has 2 heterocycles. The summed E-state index contributed by atoms with van der Waals surface area (Å²) >= 11 is 0. The van der Waals surface area contributed by atoms with Crippen LogP contribution in [0.2, 0.25) is 0 Å². The van der Waals surface area contributed by atoms with Gasteiger partial charge in [0.15, 0.2) is 0 Å². The van der Waals surface area contributed by atoms with Gasteiger partial charge in [0, 0.05) is 30.9 Å². The Hall–Kier alpha value is -2.73. The summed E-state index contributed by atoms with van der Waals surface area (Å²) in [6.07, 6.45) is 5.47. The number of anilines is 1. The molecule has 0 aromatic heterocycles. The van der Waals surface area contributed by atoms with E-state index in [0.29, 0.717) is 24.7 Å². The Morgan fingerprint density at radius 3 is 2.80 bits per heavy atom. The number of rotatable bonds is 2. The summed E-state index contributed by atoms with van der Waals surface area (Å²) in [6, 6.07) is 14.6. The van der Waals surface area contributed by atoms with Crippen LogP contribution in [0.4, 0.5) is 10.1 Å². The number of amidine groups is 1. The second kappa shape index (κ2) is 7.84. The van der Waals surface area contributed by atoms with Crippen LogP contribution < -0.4 is 10.6 Å². The fourth-order valence-corrected chi connectivity index (χ4v) is 4.89. The summed E-state index contributed by atoms with van der Waals surface area (Å²) < 4.78 is 13.6. The Bertz CT molecular complexity index is 985. The van der Waals surface area contributed by atoms with Crippen molar-refractivity contribution < 1.29 is 9.18 Å². The van der Waals surface area contributed by atoms with Gasteiger partial charge < -0.3 is 10.2 Å². The van der Waals surface area contributed by atoms with Crippen LogP contribution in [-0.4, -0.2) is 41.3 Å². The highest BCUT2D eigenvalue weighted by Gasteiger charge is 2.45. The van der Waals surface area contributed by atoms with E-state index in [1.165, 1.54) is 30.5 Å². The Balaban J connectivity index is 1.45. The lowest BCUT2D eigenvalue weighted by molar-refractivity contribution is 0.0785. The molecule has 5 rings (SSSR count). The highest BCUT2D eigenvalue weighted by atomic mass is 19.1. The van der Waals surface area contributed by atoms with Crippen molar-refractivity contribution in [3.63, 3.8) is 0 Å². The zero-order chi connectivity index (χ0) is 20.6. The highest BCUT2D eigenvalue weighted by molar-refractivity contribution is 6.05. The van der Waals surface area contributed by atoms with E-state index in [1.54, 1.807) is 12.1 Å². The Kier molecular flexibility index (Phi) is 5.03. The van der Waals surface area contributed by atoms with E-state index in [4.69, 9.17) is 4.99 Å². The van der Waals surface area contributed by atoms with E-state index in [0.717, 1.165) is 37.3 Å². The maximum atomic E-state index is 13.6. The van der Waals surface area contributed by atoms with E-state index >= 15 is 0 Å². The van der Waals surface area contributed by atoms with Gasteiger partial charge in [0.25, 0.3) is 5.91 Å². The Labute approximate surface area is 176 Å². The molecule has 1 atom stereocenters. The van der Waals surface area contributed by atoms with Crippen molar-refractivity contribution in [2.24, 2.45) is 4.99 Å². The van der Waals surface area contributed by atoms with Gasteiger partial charge >= 0.3 is 0 Å². The van der Waals surface area contributed by atoms with Crippen LogP contribution in [0, 0.1) is 5.82 Å². The van der Waals surface area contributed by atoms with E-state index in [2.05, 4.69) is 22.8 Å². The first-order valence-electron chi connectivity index (χ1n) is 10.9. The zero-order valence-corrected chi connectivity index (χ0v) is 17.0.